The minimum atomic E-state index is -2.96. The molecule has 4 aromatic carbocycles. The van der Waals surface area contributed by atoms with E-state index in [1.807, 2.05) is 31.2 Å². The Morgan fingerprint density at radius 3 is 2.24 bits per heavy atom. The van der Waals surface area contributed by atoms with E-state index < -0.39 is 27.3 Å². The zero-order chi connectivity index (χ0) is 39.1. The number of fused-ring (bicyclic) bond motifs is 3. The molecule has 55 heavy (non-hydrogen) atoms. The first-order valence-electron chi connectivity index (χ1n) is 18.9. The van der Waals surface area contributed by atoms with Crippen LogP contribution in [0, 0.1) is 17.8 Å². The number of hydrogen-bond donors (Lipinski definition) is 3. The maximum absolute atomic E-state index is 14.4. The summed E-state index contributed by atoms with van der Waals surface area (Å²) in [6, 6.07) is 32.6. The fraction of sp³-hybridized carbons (Fsp3) is 0.318. The standard InChI is InChI=1S/C44H47BBrNO7Si/c1-28(22-29-23-32(46)19-20-38(29)48)18-21-39-40-30(26-54-55(44(2,3)4,34-14-7-5-8-15-34)35-16-9-6-10-17-35)24-36-41(37(40)27-53-39)43(50)47(42(36)49)33-13-11-12-31(25-33)45(51)52/h5-17,19-20,22-23,25,36-37,39,41,48,51-52H,18,21,24,26-27H2,1-4H3/b28-22+/t36-,37+,39-,41-/m1/s1. The Bertz CT molecular complexity index is 2100. The van der Waals surface area contributed by atoms with Gasteiger partial charge in [-0.3, -0.25) is 14.5 Å². The van der Waals surface area contributed by atoms with Crippen LogP contribution < -0.4 is 20.7 Å². The number of aromatic hydroxyl groups is 1. The summed E-state index contributed by atoms with van der Waals surface area (Å²) in [4.78, 5) is 30.0. The fourth-order valence-electron chi connectivity index (χ4n) is 8.98. The van der Waals surface area contributed by atoms with E-state index in [0.29, 0.717) is 31.6 Å². The summed E-state index contributed by atoms with van der Waals surface area (Å²) in [5.41, 5.74) is 4.40. The van der Waals surface area contributed by atoms with Crippen molar-refractivity contribution in [2.24, 2.45) is 17.8 Å². The van der Waals surface area contributed by atoms with E-state index in [0.717, 1.165) is 37.1 Å². The van der Waals surface area contributed by atoms with Crippen LogP contribution in [0.25, 0.3) is 6.08 Å². The first-order valence-corrected chi connectivity index (χ1v) is 21.6. The van der Waals surface area contributed by atoms with Gasteiger partial charge in [-0.15, -0.1) is 0 Å². The number of phenols is 1. The molecule has 3 aliphatic rings. The summed E-state index contributed by atoms with van der Waals surface area (Å²) in [7, 11) is -4.69. The zero-order valence-corrected chi connectivity index (χ0v) is 34.2. The van der Waals surface area contributed by atoms with E-state index in [-0.39, 0.29) is 46.7 Å². The Morgan fingerprint density at radius 2 is 1.60 bits per heavy atom. The second-order valence-electron chi connectivity index (χ2n) is 16.0. The third-order valence-electron chi connectivity index (χ3n) is 11.5. The highest BCUT2D eigenvalue weighted by atomic mass is 79.9. The number of imide groups is 1. The van der Waals surface area contributed by atoms with Crippen LogP contribution in [0.3, 0.4) is 0 Å². The normalized spacial score (nSPS) is 21.6. The largest absolute Gasteiger partial charge is 0.507 e. The first-order chi connectivity index (χ1) is 26.3. The summed E-state index contributed by atoms with van der Waals surface area (Å²) >= 11 is 3.50. The van der Waals surface area contributed by atoms with Gasteiger partial charge < -0.3 is 24.3 Å². The summed E-state index contributed by atoms with van der Waals surface area (Å²) in [5.74, 6) is -1.91. The molecule has 4 aromatic rings. The van der Waals surface area contributed by atoms with Gasteiger partial charge in [-0.05, 0) is 88.5 Å². The number of hydrogen-bond acceptors (Lipinski definition) is 7. The van der Waals surface area contributed by atoms with Crippen molar-refractivity contribution < 1.29 is 33.9 Å². The molecule has 0 radical (unpaired) electrons. The van der Waals surface area contributed by atoms with Crippen LogP contribution >= 0.6 is 15.9 Å². The van der Waals surface area contributed by atoms with Gasteiger partial charge in [0.15, 0.2) is 0 Å². The SMILES string of the molecule is C/C(=C\c1cc(Br)ccc1O)CC[C@H]1OC[C@H]2C1=C(CO[Si](c1ccccc1)(c1ccccc1)C(C)(C)C)C[C@H]1C(=O)N(c3cccc(B(O)O)c3)C(=O)[C@H]12. The van der Waals surface area contributed by atoms with Crippen LogP contribution in [0.5, 0.6) is 5.75 Å². The number of benzene rings is 4. The molecule has 2 amide bonds. The second kappa shape index (κ2) is 15.8. The Kier molecular flexibility index (Phi) is 11.2. The van der Waals surface area contributed by atoms with Crippen molar-refractivity contribution in [3.8, 4) is 5.75 Å². The number of carbonyl (C=O) groups is 2. The molecule has 2 heterocycles. The molecule has 11 heteroatoms. The maximum atomic E-state index is 14.4. The van der Waals surface area contributed by atoms with E-state index in [4.69, 9.17) is 9.16 Å². The van der Waals surface area contributed by atoms with E-state index >= 15 is 0 Å². The highest BCUT2D eigenvalue weighted by Crippen LogP contribution is 2.51. The first kappa shape index (κ1) is 39.1. The van der Waals surface area contributed by atoms with Crippen molar-refractivity contribution in [1.82, 2.24) is 0 Å². The van der Waals surface area contributed by atoms with E-state index in [1.165, 1.54) is 11.0 Å². The van der Waals surface area contributed by atoms with Gasteiger partial charge in [-0.1, -0.05) is 121 Å². The number of amides is 2. The van der Waals surface area contributed by atoms with E-state index in [9.17, 15) is 24.7 Å². The number of phenolic OH excluding ortho intramolecular Hbond substituents is 1. The Balaban J connectivity index is 1.27. The molecular formula is C44H47BBrNO7Si. The minimum absolute atomic E-state index is 0.204. The Hall–Kier alpha value is -4.10. The van der Waals surface area contributed by atoms with E-state index in [2.05, 4.69) is 85.2 Å². The molecule has 2 aliphatic heterocycles. The minimum Gasteiger partial charge on any atom is -0.507 e. The van der Waals surface area contributed by atoms with Crippen molar-refractivity contribution in [3.05, 3.63) is 130 Å². The predicted octanol–water partition coefficient (Wildman–Crippen LogP) is 6.12. The smallest absolute Gasteiger partial charge is 0.488 e. The molecule has 0 unspecified atom stereocenters. The van der Waals surface area contributed by atoms with Crippen LogP contribution in [-0.4, -0.2) is 61.7 Å². The lowest BCUT2D eigenvalue weighted by Crippen LogP contribution is -2.66. The number of nitrogens with zero attached hydrogens (tertiary/aromatic N) is 1. The zero-order valence-electron chi connectivity index (χ0n) is 31.6. The molecule has 8 nitrogen and oxygen atoms in total. The molecule has 7 rings (SSSR count). The van der Waals surface area contributed by atoms with Crippen molar-refractivity contribution in [2.75, 3.05) is 18.1 Å². The monoisotopic (exact) mass is 819 g/mol. The maximum Gasteiger partial charge on any atom is 0.488 e. The van der Waals surface area contributed by atoms with Crippen LogP contribution in [0.15, 0.2) is 124 Å². The highest BCUT2D eigenvalue weighted by molar-refractivity contribution is 9.10. The average Bonchev–Trinajstić information content (AvgIpc) is 3.70. The molecule has 284 valence electrons. The van der Waals surface area contributed by atoms with Crippen LogP contribution in [0.2, 0.25) is 5.04 Å². The van der Waals surface area contributed by atoms with Gasteiger partial charge in [0.2, 0.25) is 11.8 Å². The summed E-state index contributed by atoms with van der Waals surface area (Å²) in [6.45, 7) is 9.36. The van der Waals surface area contributed by atoms with Crippen molar-refractivity contribution in [2.45, 2.75) is 58.1 Å². The fourth-order valence-corrected chi connectivity index (χ4v) is 13.9. The molecule has 0 spiro atoms. The predicted molar refractivity (Wildman–Crippen MR) is 223 cm³/mol. The van der Waals surface area contributed by atoms with E-state index in [1.54, 1.807) is 30.3 Å². The molecule has 2 saturated heterocycles. The molecule has 4 atom stereocenters. The van der Waals surface area contributed by atoms with Crippen LogP contribution in [0.4, 0.5) is 5.69 Å². The van der Waals surface area contributed by atoms with Crippen molar-refractivity contribution in [3.63, 3.8) is 0 Å². The van der Waals surface area contributed by atoms with Gasteiger partial charge in [0.25, 0.3) is 8.32 Å². The highest BCUT2D eigenvalue weighted by Gasteiger charge is 2.58. The molecule has 0 saturated carbocycles. The van der Waals surface area contributed by atoms with Gasteiger partial charge in [-0.2, -0.15) is 0 Å². The molecule has 0 aromatic heterocycles. The van der Waals surface area contributed by atoms with Gasteiger partial charge >= 0.3 is 7.12 Å². The number of rotatable bonds is 11. The van der Waals surface area contributed by atoms with Gasteiger partial charge in [0, 0.05) is 16.0 Å². The number of carbonyl (C=O) groups excluding carboxylic acids is 2. The van der Waals surface area contributed by atoms with Gasteiger partial charge in [-0.25, -0.2) is 0 Å². The third kappa shape index (κ3) is 7.46. The summed E-state index contributed by atoms with van der Waals surface area (Å²) in [5, 5.41) is 32.3. The average molecular weight is 821 g/mol. The van der Waals surface area contributed by atoms with Gasteiger partial charge in [0.1, 0.15) is 5.75 Å². The van der Waals surface area contributed by atoms with Crippen LogP contribution in [0.1, 0.15) is 52.5 Å². The molecule has 3 N–H and O–H groups in total. The molecule has 0 bridgehead atoms. The number of ether oxygens (including phenoxy) is 1. The van der Waals surface area contributed by atoms with Crippen molar-refractivity contribution in [1.29, 1.82) is 0 Å². The Labute approximate surface area is 332 Å². The number of allylic oxidation sites excluding steroid dienone is 1. The summed E-state index contributed by atoms with van der Waals surface area (Å²) < 4.78 is 14.9. The quantitative estimate of drug-likeness (QED) is 0.0950. The summed E-state index contributed by atoms with van der Waals surface area (Å²) in [6.07, 6.45) is 3.41. The lowest BCUT2D eigenvalue weighted by atomic mass is 9.69. The Morgan fingerprint density at radius 1 is 0.927 bits per heavy atom. The molecular weight excluding hydrogens is 773 g/mol. The van der Waals surface area contributed by atoms with Crippen molar-refractivity contribution >= 4 is 70.8 Å². The van der Waals surface area contributed by atoms with Gasteiger partial charge in [0.05, 0.1) is 36.8 Å². The number of halogens is 1. The molecule has 2 fully saturated rings. The van der Waals surface area contributed by atoms with Crippen LogP contribution in [-0.2, 0) is 18.8 Å². The lowest BCUT2D eigenvalue weighted by molar-refractivity contribution is -0.122. The topological polar surface area (TPSA) is 117 Å². The number of anilines is 1. The molecule has 1 aliphatic carbocycles. The lowest BCUT2D eigenvalue weighted by Gasteiger charge is -2.44. The third-order valence-corrected chi connectivity index (χ3v) is 17.0. The second-order valence-corrected chi connectivity index (χ2v) is 21.2.